The van der Waals surface area contributed by atoms with Crippen molar-refractivity contribution >= 4 is 18.4 Å². The van der Waals surface area contributed by atoms with Crippen LogP contribution in [0.4, 0.5) is 0 Å². The molecule has 0 saturated carbocycles. The van der Waals surface area contributed by atoms with E-state index in [1.165, 1.54) is 0 Å². The van der Waals surface area contributed by atoms with Gasteiger partial charge in [-0.15, -0.1) is 0 Å². The topological polar surface area (TPSA) is 29.5 Å². The van der Waals surface area contributed by atoms with E-state index in [4.69, 9.17) is 4.74 Å². The normalized spacial score (nSPS) is 15.2. The third-order valence-electron chi connectivity index (χ3n) is 2.11. The van der Waals surface area contributed by atoms with E-state index in [0.29, 0.717) is 10.5 Å². The Hall–Kier alpha value is -0.121. The van der Waals surface area contributed by atoms with Crippen LogP contribution >= 0.6 is 0 Å². The van der Waals surface area contributed by atoms with Crippen molar-refractivity contribution in [3.63, 3.8) is 0 Å². The van der Waals surface area contributed by atoms with Gasteiger partial charge in [0.15, 0.2) is 0 Å². The summed E-state index contributed by atoms with van der Waals surface area (Å²) in [7, 11) is 0. The fraction of sp³-hybridized carbons (Fsp3) is 0.600. The maximum absolute atomic E-state index is 9.34. The summed E-state index contributed by atoms with van der Waals surface area (Å²) in [4.78, 5) is 6.99. The van der Waals surface area contributed by atoms with Crippen LogP contribution in [0.3, 0.4) is 0 Å². The molecule has 0 aliphatic heterocycles. The van der Waals surface area contributed by atoms with E-state index in [1.807, 2.05) is 6.08 Å². The fourth-order valence-corrected chi connectivity index (χ4v) is 2.49. The molecule has 1 N–H and O–H groups in total. The zero-order valence-electron chi connectivity index (χ0n) is 9.00. The second kappa shape index (κ2) is 5.58. The average Bonchev–Trinajstić information content (AvgIpc) is 1.99. The predicted molar refractivity (Wildman–Crippen MR) is 59.6 cm³/mol. The van der Waals surface area contributed by atoms with Gasteiger partial charge < -0.3 is 0 Å². The molecule has 0 fully saturated rings. The van der Waals surface area contributed by atoms with E-state index in [0.717, 1.165) is 0 Å². The Morgan fingerprint density at radius 3 is 2.46 bits per heavy atom. The van der Waals surface area contributed by atoms with Gasteiger partial charge in [-0.2, -0.15) is 0 Å². The molecule has 0 aromatic rings. The molecule has 0 radical (unpaired) electrons. The van der Waals surface area contributed by atoms with Crippen LogP contribution < -0.4 is 0 Å². The molecule has 13 heavy (non-hydrogen) atoms. The van der Waals surface area contributed by atoms with Crippen LogP contribution in [-0.4, -0.2) is 30.1 Å². The van der Waals surface area contributed by atoms with Gasteiger partial charge in [-0.05, 0) is 0 Å². The van der Waals surface area contributed by atoms with Crippen LogP contribution in [0.2, 0.25) is 18.8 Å². The van der Waals surface area contributed by atoms with Gasteiger partial charge >= 0.3 is 85.2 Å². The number of ether oxygens (including phenoxy) is 1. The Morgan fingerprint density at radius 1 is 1.54 bits per heavy atom. The van der Waals surface area contributed by atoms with Crippen molar-refractivity contribution in [1.29, 1.82) is 0 Å². The van der Waals surface area contributed by atoms with Gasteiger partial charge in [0, 0.05) is 0 Å². The fourth-order valence-electron chi connectivity index (χ4n) is 0.656. The van der Waals surface area contributed by atoms with Gasteiger partial charge in [0.25, 0.3) is 0 Å². The first kappa shape index (κ1) is 12.9. The van der Waals surface area contributed by atoms with E-state index < -0.39 is 18.4 Å². The SMILES string of the molecule is C=CCO/C(O)=C/[CH](C)[Sn]([CH3])([CH3])[CH3]. The summed E-state index contributed by atoms with van der Waals surface area (Å²) >= 11 is -1.90. The number of aliphatic hydroxyl groups is 1. The summed E-state index contributed by atoms with van der Waals surface area (Å²) < 4.78 is 5.47. The van der Waals surface area contributed by atoms with Crippen molar-refractivity contribution in [2.75, 3.05) is 6.61 Å². The first-order chi connectivity index (χ1) is 5.88. The summed E-state index contributed by atoms with van der Waals surface area (Å²) in [5, 5.41) is 9.34. The van der Waals surface area contributed by atoms with Gasteiger partial charge in [0.2, 0.25) is 0 Å². The molecule has 0 aromatic carbocycles. The Balaban J connectivity index is 4.13. The average molecular weight is 291 g/mol. The number of hydrogen-bond acceptors (Lipinski definition) is 2. The standard InChI is InChI=1S/C7H11O2.3CH3.Sn/c1-3-5-7(8)9-6-4-2;;;;/h3-5,8H,2,6H2,1H3;3*1H3;/b7-5+;;;;. The molecule has 0 aliphatic carbocycles. The zero-order chi connectivity index (χ0) is 10.5. The summed E-state index contributed by atoms with van der Waals surface area (Å²) in [5.41, 5.74) is 0. The minimum absolute atomic E-state index is 0.0408. The van der Waals surface area contributed by atoms with Crippen molar-refractivity contribution in [1.82, 2.24) is 0 Å². The molecule has 1 atom stereocenters. The van der Waals surface area contributed by atoms with Crippen molar-refractivity contribution < 1.29 is 9.84 Å². The van der Waals surface area contributed by atoms with Crippen molar-refractivity contribution in [2.24, 2.45) is 0 Å². The Labute approximate surface area is 85.2 Å². The van der Waals surface area contributed by atoms with Gasteiger partial charge in [0.1, 0.15) is 0 Å². The minimum atomic E-state index is -1.90. The number of aliphatic hydroxyl groups excluding tert-OH is 1. The first-order valence-electron chi connectivity index (χ1n) is 4.52. The molecule has 0 heterocycles. The molecule has 1 unspecified atom stereocenters. The summed E-state index contributed by atoms with van der Waals surface area (Å²) in [6, 6.07) is 0. The molecule has 0 aliphatic rings. The zero-order valence-corrected chi connectivity index (χ0v) is 11.9. The van der Waals surface area contributed by atoms with Crippen molar-refractivity contribution in [3.05, 3.63) is 24.7 Å². The quantitative estimate of drug-likeness (QED) is 0.478. The molecule has 76 valence electrons. The van der Waals surface area contributed by atoms with Crippen molar-refractivity contribution in [2.45, 2.75) is 25.7 Å². The van der Waals surface area contributed by atoms with Crippen LogP contribution in [-0.2, 0) is 4.74 Å². The van der Waals surface area contributed by atoms with Crippen LogP contribution in [0, 0.1) is 0 Å². The van der Waals surface area contributed by atoms with E-state index in [9.17, 15) is 5.11 Å². The van der Waals surface area contributed by atoms with Crippen LogP contribution in [0.25, 0.3) is 0 Å². The monoisotopic (exact) mass is 292 g/mol. The third-order valence-corrected chi connectivity index (χ3v) is 10.4. The van der Waals surface area contributed by atoms with E-state index in [-0.39, 0.29) is 5.95 Å². The molecular weight excluding hydrogens is 271 g/mol. The molecule has 2 nitrogen and oxygen atoms in total. The van der Waals surface area contributed by atoms with E-state index in [1.54, 1.807) is 6.08 Å². The Morgan fingerprint density at radius 2 is 2.08 bits per heavy atom. The van der Waals surface area contributed by atoms with Crippen molar-refractivity contribution in [3.8, 4) is 0 Å². The van der Waals surface area contributed by atoms with Crippen LogP contribution in [0.15, 0.2) is 24.7 Å². The number of rotatable bonds is 5. The first-order valence-corrected chi connectivity index (χ1v) is 14.7. The summed E-state index contributed by atoms with van der Waals surface area (Å²) in [5.74, 6) is 0.0408. The summed E-state index contributed by atoms with van der Waals surface area (Å²) in [6.07, 6.45) is 3.44. The molecule has 3 heteroatoms. The van der Waals surface area contributed by atoms with Gasteiger partial charge in [-0.1, -0.05) is 0 Å². The second-order valence-electron chi connectivity index (χ2n) is 4.26. The van der Waals surface area contributed by atoms with E-state index >= 15 is 0 Å². The Kier molecular flexibility index (Phi) is 5.52. The van der Waals surface area contributed by atoms with Crippen LogP contribution in [0.5, 0.6) is 0 Å². The third kappa shape index (κ3) is 6.02. The molecule has 0 bridgehead atoms. The van der Waals surface area contributed by atoms with Crippen LogP contribution in [0.1, 0.15) is 6.92 Å². The molecule has 0 saturated heterocycles. The predicted octanol–water partition coefficient (Wildman–Crippen LogP) is 3.32. The number of hydrogen-bond donors (Lipinski definition) is 1. The van der Waals surface area contributed by atoms with Gasteiger partial charge in [-0.25, -0.2) is 0 Å². The molecule has 0 rings (SSSR count). The maximum atomic E-state index is 9.34. The molecular formula is C10H20O2Sn. The second-order valence-corrected chi connectivity index (χ2v) is 20.4. The van der Waals surface area contributed by atoms with E-state index in [2.05, 4.69) is 28.3 Å². The molecule has 0 amide bonds. The van der Waals surface area contributed by atoms with Gasteiger partial charge in [0.05, 0.1) is 0 Å². The summed E-state index contributed by atoms with van der Waals surface area (Å²) in [6.45, 7) is 6.02. The molecule has 0 aromatic heterocycles. The van der Waals surface area contributed by atoms with Gasteiger partial charge in [-0.3, -0.25) is 0 Å². The molecule has 0 spiro atoms. The Bertz CT molecular complexity index is 192. The number of allylic oxidation sites excluding steroid dienone is 1.